The molecule has 0 radical (unpaired) electrons. The highest BCUT2D eigenvalue weighted by Gasteiger charge is 2.29. The Morgan fingerprint density at radius 1 is 1.24 bits per heavy atom. The third-order valence-electron chi connectivity index (χ3n) is 4.88. The minimum Gasteiger partial charge on any atom is -0.462 e. The molecule has 1 fully saturated rings. The summed E-state index contributed by atoms with van der Waals surface area (Å²) in [6.07, 6.45) is 5.20. The number of carbonyl (C=O) groups is 2. The Balaban J connectivity index is 1.41. The average Bonchev–Trinajstić information content (AvgIpc) is 3.26. The van der Waals surface area contributed by atoms with Crippen molar-refractivity contribution in [2.75, 3.05) is 23.0 Å². The summed E-state index contributed by atoms with van der Waals surface area (Å²) in [5.74, 6) is 0.312. The van der Waals surface area contributed by atoms with Gasteiger partial charge in [0.05, 0.1) is 17.9 Å². The zero-order chi connectivity index (χ0) is 20.4. The SMILES string of the molecule is CCOC(=O)c1c(NC(=O)CSc2nnc(NC3CC3)s2)sc2c1CCC(C)C2. The van der Waals surface area contributed by atoms with Gasteiger partial charge < -0.3 is 15.4 Å². The number of aromatic nitrogens is 2. The van der Waals surface area contributed by atoms with Crippen molar-refractivity contribution in [2.24, 2.45) is 5.92 Å². The number of nitrogens with one attached hydrogen (secondary N) is 2. The molecule has 2 heterocycles. The van der Waals surface area contributed by atoms with Gasteiger partial charge in [-0.1, -0.05) is 30.0 Å². The van der Waals surface area contributed by atoms with Crippen LogP contribution in [0.5, 0.6) is 0 Å². The number of esters is 1. The molecule has 29 heavy (non-hydrogen) atoms. The van der Waals surface area contributed by atoms with Gasteiger partial charge in [-0.05, 0) is 50.5 Å². The zero-order valence-corrected chi connectivity index (χ0v) is 18.9. The second-order valence-electron chi connectivity index (χ2n) is 7.40. The average molecular weight is 453 g/mol. The first kappa shape index (κ1) is 20.6. The van der Waals surface area contributed by atoms with Crippen molar-refractivity contribution in [1.82, 2.24) is 10.2 Å². The molecule has 0 saturated heterocycles. The van der Waals surface area contributed by atoms with Crippen LogP contribution in [-0.4, -0.2) is 40.5 Å². The summed E-state index contributed by atoms with van der Waals surface area (Å²) in [7, 11) is 0. The van der Waals surface area contributed by atoms with E-state index in [1.807, 2.05) is 0 Å². The number of rotatable bonds is 8. The fourth-order valence-corrected chi connectivity index (χ4v) is 6.32. The fraction of sp³-hybridized carbons (Fsp3) is 0.579. The quantitative estimate of drug-likeness (QED) is 0.458. The standard InChI is InChI=1S/C19H24N4O3S3/c1-3-26-17(25)15-12-7-4-10(2)8-13(12)28-16(15)21-14(24)9-27-19-23-22-18(29-19)20-11-5-6-11/h10-11H,3-9H2,1-2H3,(H,20,22)(H,21,24). The summed E-state index contributed by atoms with van der Waals surface area (Å²) in [5.41, 5.74) is 1.60. The largest absolute Gasteiger partial charge is 0.462 e. The minimum atomic E-state index is -0.345. The molecule has 156 valence electrons. The van der Waals surface area contributed by atoms with Gasteiger partial charge in [-0.3, -0.25) is 4.79 Å². The number of thiophene rings is 1. The van der Waals surface area contributed by atoms with Gasteiger partial charge >= 0.3 is 5.97 Å². The second-order valence-corrected chi connectivity index (χ2v) is 10.7. The molecule has 0 aliphatic heterocycles. The zero-order valence-electron chi connectivity index (χ0n) is 16.4. The minimum absolute atomic E-state index is 0.154. The number of amides is 1. The van der Waals surface area contributed by atoms with Crippen molar-refractivity contribution in [3.63, 3.8) is 0 Å². The summed E-state index contributed by atoms with van der Waals surface area (Å²) in [5, 5.41) is 15.9. The number of hydrogen-bond acceptors (Lipinski definition) is 9. The molecule has 2 aliphatic rings. The third-order valence-corrected chi connectivity index (χ3v) is 8.04. The highest BCUT2D eigenvalue weighted by atomic mass is 32.2. The predicted octanol–water partition coefficient (Wildman–Crippen LogP) is 4.21. The number of fused-ring (bicyclic) bond motifs is 1. The van der Waals surface area contributed by atoms with E-state index in [2.05, 4.69) is 27.8 Å². The van der Waals surface area contributed by atoms with Gasteiger partial charge in [0.15, 0.2) is 4.34 Å². The van der Waals surface area contributed by atoms with Gasteiger partial charge in [0.25, 0.3) is 0 Å². The Morgan fingerprint density at radius 2 is 2.07 bits per heavy atom. The molecule has 1 amide bonds. The maximum absolute atomic E-state index is 12.6. The lowest BCUT2D eigenvalue weighted by Crippen LogP contribution is -2.17. The van der Waals surface area contributed by atoms with Crippen LogP contribution in [0.1, 0.15) is 53.9 Å². The maximum Gasteiger partial charge on any atom is 0.341 e. The third kappa shape index (κ3) is 5.10. The second kappa shape index (κ2) is 9.01. The van der Waals surface area contributed by atoms with Crippen LogP contribution in [0.4, 0.5) is 10.1 Å². The van der Waals surface area contributed by atoms with Crippen LogP contribution in [0.25, 0.3) is 0 Å². The lowest BCUT2D eigenvalue weighted by molar-refractivity contribution is -0.113. The summed E-state index contributed by atoms with van der Waals surface area (Å²) in [4.78, 5) is 26.3. The molecule has 1 unspecified atom stereocenters. The van der Waals surface area contributed by atoms with Crippen molar-refractivity contribution >= 4 is 56.4 Å². The molecule has 2 N–H and O–H groups in total. The van der Waals surface area contributed by atoms with Crippen molar-refractivity contribution in [3.05, 3.63) is 16.0 Å². The van der Waals surface area contributed by atoms with Crippen LogP contribution in [-0.2, 0) is 22.4 Å². The van der Waals surface area contributed by atoms with Crippen LogP contribution in [0.15, 0.2) is 4.34 Å². The van der Waals surface area contributed by atoms with Gasteiger partial charge in [-0.15, -0.1) is 21.5 Å². The van der Waals surface area contributed by atoms with Crippen LogP contribution in [0, 0.1) is 5.92 Å². The van der Waals surface area contributed by atoms with Crippen LogP contribution in [0.2, 0.25) is 0 Å². The van der Waals surface area contributed by atoms with Crippen molar-refractivity contribution in [3.8, 4) is 0 Å². The molecule has 4 rings (SSSR count). The maximum atomic E-state index is 12.6. The van der Waals surface area contributed by atoms with E-state index in [0.717, 1.165) is 34.3 Å². The van der Waals surface area contributed by atoms with E-state index >= 15 is 0 Å². The van der Waals surface area contributed by atoms with E-state index in [0.29, 0.717) is 29.1 Å². The number of carbonyl (C=O) groups excluding carboxylic acids is 2. The Hall–Kier alpha value is -1.65. The summed E-state index contributed by atoms with van der Waals surface area (Å²) in [6, 6.07) is 0.526. The molecule has 1 atom stereocenters. The van der Waals surface area contributed by atoms with Gasteiger partial charge in [0, 0.05) is 10.9 Å². The summed E-state index contributed by atoms with van der Waals surface area (Å²) >= 11 is 4.33. The Kier molecular flexibility index (Phi) is 6.41. The normalized spacial score (nSPS) is 18.2. The highest BCUT2D eigenvalue weighted by Crippen LogP contribution is 2.40. The monoisotopic (exact) mass is 452 g/mol. The first-order valence-corrected chi connectivity index (χ1v) is 12.5. The molecule has 2 aliphatic carbocycles. The molecule has 0 aromatic carbocycles. The lowest BCUT2D eigenvalue weighted by atomic mass is 9.88. The molecular weight excluding hydrogens is 428 g/mol. The van der Waals surface area contributed by atoms with Crippen molar-refractivity contribution < 1.29 is 14.3 Å². The van der Waals surface area contributed by atoms with Crippen molar-refractivity contribution in [1.29, 1.82) is 0 Å². The van der Waals surface area contributed by atoms with Gasteiger partial charge in [0.1, 0.15) is 5.00 Å². The summed E-state index contributed by atoms with van der Waals surface area (Å²) in [6.45, 7) is 4.33. The number of anilines is 2. The number of hydrogen-bond donors (Lipinski definition) is 2. The molecule has 7 nitrogen and oxygen atoms in total. The Bertz CT molecular complexity index is 907. The van der Waals surface area contributed by atoms with Gasteiger partial charge in [-0.2, -0.15) is 0 Å². The van der Waals surface area contributed by atoms with Crippen LogP contribution >= 0.6 is 34.4 Å². The lowest BCUT2D eigenvalue weighted by Gasteiger charge is -2.18. The molecule has 0 spiro atoms. The van der Waals surface area contributed by atoms with Crippen LogP contribution < -0.4 is 10.6 Å². The topological polar surface area (TPSA) is 93.2 Å². The van der Waals surface area contributed by atoms with Crippen molar-refractivity contribution in [2.45, 2.75) is 56.3 Å². The fourth-order valence-electron chi connectivity index (χ4n) is 3.28. The molecular formula is C19H24N4O3S3. The number of nitrogens with zero attached hydrogens (tertiary/aromatic N) is 2. The van der Waals surface area contributed by atoms with Crippen LogP contribution in [0.3, 0.4) is 0 Å². The van der Waals surface area contributed by atoms with Gasteiger partial charge in [0.2, 0.25) is 11.0 Å². The Morgan fingerprint density at radius 3 is 2.83 bits per heavy atom. The van der Waals surface area contributed by atoms with E-state index in [1.54, 1.807) is 6.92 Å². The summed E-state index contributed by atoms with van der Waals surface area (Å²) < 4.78 is 6.02. The molecule has 1 saturated carbocycles. The predicted molar refractivity (Wildman–Crippen MR) is 117 cm³/mol. The van der Waals surface area contributed by atoms with E-state index in [1.165, 1.54) is 52.2 Å². The van der Waals surface area contributed by atoms with E-state index in [4.69, 9.17) is 4.74 Å². The first-order valence-electron chi connectivity index (χ1n) is 9.87. The number of ether oxygens (including phenoxy) is 1. The number of thioether (sulfide) groups is 1. The van der Waals surface area contributed by atoms with Gasteiger partial charge in [-0.25, -0.2) is 4.79 Å². The van der Waals surface area contributed by atoms with E-state index in [9.17, 15) is 9.59 Å². The molecule has 2 aromatic heterocycles. The highest BCUT2D eigenvalue weighted by molar-refractivity contribution is 8.01. The Labute approximate surface area is 182 Å². The molecule has 10 heteroatoms. The van der Waals surface area contributed by atoms with E-state index < -0.39 is 0 Å². The molecule has 2 aromatic rings. The first-order chi connectivity index (χ1) is 14.0. The molecule has 0 bridgehead atoms. The smallest absolute Gasteiger partial charge is 0.341 e. The van der Waals surface area contributed by atoms with E-state index in [-0.39, 0.29) is 17.6 Å².